The van der Waals surface area contributed by atoms with Crippen LogP contribution < -0.4 is 0 Å². The minimum atomic E-state index is 0.0387. The Labute approximate surface area is 138 Å². The Bertz CT molecular complexity index is 516. The number of likely N-dealkylation sites (tertiary alicyclic amines) is 1. The van der Waals surface area contributed by atoms with Crippen LogP contribution in [-0.4, -0.2) is 41.4 Å². The minimum Gasteiger partial charge on any atom is -0.396 e. The van der Waals surface area contributed by atoms with Crippen molar-refractivity contribution in [1.82, 2.24) is 4.90 Å². The van der Waals surface area contributed by atoms with Crippen molar-refractivity contribution in [1.29, 1.82) is 0 Å². The fourth-order valence-electron chi connectivity index (χ4n) is 2.95. The van der Waals surface area contributed by atoms with Crippen LogP contribution in [0.15, 0.2) is 23.1 Å². The number of carbonyl (C=O) groups excluding carboxylic acids is 1. The van der Waals surface area contributed by atoms with Crippen LogP contribution in [0.5, 0.6) is 0 Å². The lowest BCUT2D eigenvalue weighted by Crippen LogP contribution is -2.45. The van der Waals surface area contributed by atoms with E-state index in [4.69, 9.17) is 0 Å². The molecule has 4 heteroatoms. The Balaban J connectivity index is 1.87. The zero-order chi connectivity index (χ0) is 16.2. The number of nitrogens with zero attached hydrogens (tertiary/aromatic N) is 1. The molecule has 1 N–H and O–H groups in total. The number of rotatable bonds is 5. The summed E-state index contributed by atoms with van der Waals surface area (Å²) in [5.41, 5.74) is 2.50. The van der Waals surface area contributed by atoms with Crippen molar-refractivity contribution in [2.24, 2.45) is 5.41 Å². The van der Waals surface area contributed by atoms with E-state index in [2.05, 4.69) is 39.0 Å². The lowest BCUT2D eigenvalue weighted by atomic mass is 9.77. The van der Waals surface area contributed by atoms with Crippen molar-refractivity contribution in [3.63, 3.8) is 0 Å². The zero-order valence-corrected chi connectivity index (χ0v) is 14.7. The maximum Gasteiger partial charge on any atom is 0.232 e. The van der Waals surface area contributed by atoms with Crippen LogP contribution in [-0.2, 0) is 4.79 Å². The number of amides is 1. The van der Waals surface area contributed by atoms with Gasteiger partial charge in [-0.05, 0) is 50.2 Å². The molecule has 0 spiro atoms. The van der Waals surface area contributed by atoms with E-state index < -0.39 is 0 Å². The second-order valence-corrected chi connectivity index (χ2v) is 7.47. The van der Waals surface area contributed by atoms with Gasteiger partial charge in [0.05, 0.1) is 5.75 Å². The Kier molecular flexibility index (Phi) is 5.93. The van der Waals surface area contributed by atoms with E-state index >= 15 is 0 Å². The third-order valence-electron chi connectivity index (χ3n) is 4.96. The topological polar surface area (TPSA) is 40.5 Å². The zero-order valence-electron chi connectivity index (χ0n) is 13.9. The number of piperidine rings is 1. The highest BCUT2D eigenvalue weighted by Gasteiger charge is 2.33. The van der Waals surface area contributed by atoms with Crippen LogP contribution >= 0.6 is 11.8 Å². The predicted octanol–water partition coefficient (Wildman–Crippen LogP) is 3.41. The predicted molar refractivity (Wildman–Crippen MR) is 92.3 cm³/mol. The summed E-state index contributed by atoms with van der Waals surface area (Å²) in [6, 6.07) is 6.36. The number of hydrogen-bond acceptors (Lipinski definition) is 3. The summed E-state index contributed by atoms with van der Waals surface area (Å²) in [4.78, 5) is 15.6. The average Bonchev–Trinajstić information content (AvgIpc) is 2.55. The summed E-state index contributed by atoms with van der Waals surface area (Å²) in [7, 11) is 0. The first-order chi connectivity index (χ1) is 10.5. The van der Waals surface area contributed by atoms with Crippen molar-refractivity contribution in [3.8, 4) is 0 Å². The number of aliphatic hydroxyl groups is 1. The molecule has 1 aliphatic heterocycles. The van der Waals surface area contributed by atoms with E-state index in [0.29, 0.717) is 5.75 Å². The van der Waals surface area contributed by atoms with Crippen LogP contribution in [0.2, 0.25) is 0 Å². The quantitative estimate of drug-likeness (QED) is 0.845. The van der Waals surface area contributed by atoms with Crippen molar-refractivity contribution < 1.29 is 9.90 Å². The number of carbonyl (C=O) groups is 1. The molecule has 0 unspecified atom stereocenters. The number of thioether (sulfide) groups is 1. The summed E-state index contributed by atoms with van der Waals surface area (Å²) in [6.45, 7) is 8.09. The van der Waals surface area contributed by atoms with Crippen LogP contribution in [0.1, 0.15) is 37.3 Å². The molecule has 1 amide bonds. The first-order valence-corrected chi connectivity index (χ1v) is 9.07. The standard InChI is InChI=1S/C18H27NO2S/c1-4-18(13-20)7-9-19(10-8-18)17(21)12-22-16-11-14(2)5-6-15(16)3/h5-6,11,20H,4,7-10,12-13H2,1-3H3. The molecule has 1 aromatic carbocycles. The number of aryl methyl sites for hydroxylation is 2. The molecular formula is C18H27NO2S. The summed E-state index contributed by atoms with van der Waals surface area (Å²) < 4.78 is 0. The van der Waals surface area contributed by atoms with E-state index in [9.17, 15) is 9.90 Å². The number of aliphatic hydroxyl groups excluding tert-OH is 1. The van der Waals surface area contributed by atoms with E-state index in [1.54, 1.807) is 11.8 Å². The smallest absolute Gasteiger partial charge is 0.232 e. The molecule has 3 nitrogen and oxygen atoms in total. The fraction of sp³-hybridized carbons (Fsp3) is 0.611. The molecule has 122 valence electrons. The van der Waals surface area contributed by atoms with Gasteiger partial charge >= 0.3 is 0 Å². The Morgan fingerprint density at radius 3 is 2.59 bits per heavy atom. The van der Waals surface area contributed by atoms with Crippen LogP contribution in [0.3, 0.4) is 0 Å². The molecule has 0 atom stereocenters. The molecule has 1 aromatic rings. The Hall–Kier alpha value is -1.00. The summed E-state index contributed by atoms with van der Waals surface area (Å²) >= 11 is 1.63. The van der Waals surface area contributed by atoms with Gasteiger partial charge < -0.3 is 10.0 Å². The molecule has 0 radical (unpaired) electrons. The van der Waals surface area contributed by atoms with E-state index in [-0.39, 0.29) is 17.9 Å². The fourth-order valence-corrected chi connectivity index (χ4v) is 3.97. The van der Waals surface area contributed by atoms with Crippen molar-refractivity contribution in [3.05, 3.63) is 29.3 Å². The Morgan fingerprint density at radius 1 is 1.32 bits per heavy atom. The monoisotopic (exact) mass is 321 g/mol. The van der Waals surface area contributed by atoms with Gasteiger partial charge in [0.15, 0.2) is 0 Å². The second-order valence-electron chi connectivity index (χ2n) is 6.45. The molecule has 2 rings (SSSR count). The molecule has 1 saturated heterocycles. The summed E-state index contributed by atoms with van der Waals surface area (Å²) in [5.74, 6) is 0.719. The largest absolute Gasteiger partial charge is 0.396 e. The van der Waals surface area contributed by atoms with Crippen molar-refractivity contribution >= 4 is 17.7 Å². The highest BCUT2D eigenvalue weighted by atomic mass is 32.2. The van der Waals surface area contributed by atoms with E-state index in [1.165, 1.54) is 16.0 Å². The van der Waals surface area contributed by atoms with Gasteiger partial charge in [-0.1, -0.05) is 24.6 Å². The lowest BCUT2D eigenvalue weighted by molar-refractivity contribution is -0.131. The molecule has 22 heavy (non-hydrogen) atoms. The highest BCUT2D eigenvalue weighted by molar-refractivity contribution is 8.00. The van der Waals surface area contributed by atoms with Gasteiger partial charge in [0.2, 0.25) is 5.91 Å². The third kappa shape index (κ3) is 4.05. The van der Waals surface area contributed by atoms with Gasteiger partial charge in [-0.3, -0.25) is 4.79 Å². The van der Waals surface area contributed by atoms with Crippen LogP contribution in [0, 0.1) is 19.3 Å². The molecule has 1 fully saturated rings. The second kappa shape index (κ2) is 7.51. The maximum absolute atomic E-state index is 12.4. The summed E-state index contributed by atoms with van der Waals surface area (Å²) in [5, 5.41) is 9.57. The lowest BCUT2D eigenvalue weighted by Gasteiger charge is -2.40. The van der Waals surface area contributed by atoms with Gasteiger partial charge in [-0.25, -0.2) is 0 Å². The molecule has 0 saturated carbocycles. The van der Waals surface area contributed by atoms with Gasteiger partial charge in [0.1, 0.15) is 0 Å². The van der Waals surface area contributed by atoms with Crippen LogP contribution in [0.4, 0.5) is 0 Å². The third-order valence-corrected chi connectivity index (χ3v) is 6.10. The molecule has 0 bridgehead atoms. The Morgan fingerprint density at radius 2 is 2.00 bits per heavy atom. The van der Waals surface area contributed by atoms with Crippen molar-refractivity contribution in [2.45, 2.75) is 44.9 Å². The first kappa shape index (κ1) is 17.4. The normalized spacial score (nSPS) is 17.5. The minimum absolute atomic E-state index is 0.0387. The molecule has 0 aliphatic carbocycles. The molecule has 1 heterocycles. The van der Waals surface area contributed by atoms with Crippen molar-refractivity contribution in [2.75, 3.05) is 25.4 Å². The molecule has 1 aliphatic rings. The summed E-state index contributed by atoms with van der Waals surface area (Å²) in [6.07, 6.45) is 2.82. The average molecular weight is 321 g/mol. The number of hydrogen-bond donors (Lipinski definition) is 1. The maximum atomic E-state index is 12.4. The van der Waals surface area contributed by atoms with E-state index in [1.807, 2.05) is 4.90 Å². The van der Waals surface area contributed by atoms with Gasteiger partial charge in [-0.2, -0.15) is 0 Å². The van der Waals surface area contributed by atoms with Gasteiger partial charge in [-0.15, -0.1) is 11.8 Å². The van der Waals surface area contributed by atoms with Crippen LogP contribution in [0.25, 0.3) is 0 Å². The highest BCUT2D eigenvalue weighted by Crippen LogP contribution is 2.34. The SMILES string of the molecule is CCC1(CO)CCN(C(=O)CSc2cc(C)ccc2C)CC1. The molecular weight excluding hydrogens is 294 g/mol. The van der Waals surface area contributed by atoms with Gasteiger partial charge in [0, 0.05) is 24.6 Å². The van der Waals surface area contributed by atoms with Gasteiger partial charge in [0.25, 0.3) is 0 Å². The number of benzene rings is 1. The molecule has 0 aromatic heterocycles. The first-order valence-electron chi connectivity index (χ1n) is 8.08. The van der Waals surface area contributed by atoms with E-state index in [0.717, 1.165) is 32.4 Å².